The SMILES string of the molecule is CC1(C)c2ccccc2C2(c3ccccc3-c3ccccc32)c2cc(-c3cccc(-c4cc(-c5nc6ccccc6s5)cc(-c5nc6ccccc6s5)c4)c3)ccc21.C[Si]1(C)c2ccccc2C2(c3ccccc3-c3ccccc32)c2cc(-c3ccc(-c4cc(-c5nc6ccccc6o5)cc(-c5nc6ccccc6o5)c4)cc3)ccc21. The highest BCUT2D eigenvalue weighted by molar-refractivity contribution is 7.22. The van der Waals surface area contributed by atoms with Crippen LogP contribution in [0.1, 0.15) is 69.5 Å². The Labute approximate surface area is 681 Å². The van der Waals surface area contributed by atoms with Crippen LogP contribution in [0.15, 0.2) is 373 Å². The normalized spacial score (nSPS) is 14.3. The molecule has 5 heterocycles. The Bertz CT molecular complexity index is 7050. The number of nitrogens with zero attached hydrogens (tertiary/aromatic N) is 4. The van der Waals surface area contributed by atoms with E-state index in [1.165, 1.54) is 120 Å². The minimum atomic E-state index is -2.06. The summed E-state index contributed by atoms with van der Waals surface area (Å²) in [6, 6.07) is 133. The number of oxazole rings is 2. The van der Waals surface area contributed by atoms with Gasteiger partial charge >= 0.3 is 0 Å². The first kappa shape index (κ1) is 68.1. The molecule has 548 valence electrons. The first-order chi connectivity index (χ1) is 56.9. The molecule has 0 saturated heterocycles. The Morgan fingerprint density at radius 2 is 0.586 bits per heavy atom. The first-order valence-corrected chi connectivity index (χ1v) is 44.4. The number of aromatic nitrogens is 4. The Morgan fingerprint density at radius 1 is 0.241 bits per heavy atom. The van der Waals surface area contributed by atoms with Crippen LogP contribution in [0.3, 0.4) is 0 Å². The lowest BCUT2D eigenvalue weighted by molar-refractivity contribution is 0.563. The number of hydrogen-bond donors (Lipinski definition) is 0. The van der Waals surface area contributed by atoms with Crippen LogP contribution in [-0.4, -0.2) is 28.0 Å². The summed E-state index contributed by atoms with van der Waals surface area (Å²) in [6.45, 7) is 9.82. The van der Waals surface area contributed by atoms with Crippen molar-refractivity contribution in [3.05, 3.63) is 420 Å². The van der Waals surface area contributed by atoms with E-state index in [9.17, 15) is 0 Å². The Balaban J connectivity index is 0.000000137. The topological polar surface area (TPSA) is 77.8 Å². The number of fused-ring (bicyclic) bond motifs is 22. The molecule has 20 aromatic rings. The predicted molar refractivity (Wildman–Crippen MR) is 481 cm³/mol. The first-order valence-electron chi connectivity index (χ1n) is 39.8. The van der Waals surface area contributed by atoms with Crippen LogP contribution in [0.2, 0.25) is 13.1 Å². The summed E-state index contributed by atoms with van der Waals surface area (Å²) in [6.07, 6.45) is 0. The summed E-state index contributed by atoms with van der Waals surface area (Å²) in [7, 11) is -2.06. The van der Waals surface area contributed by atoms with Gasteiger partial charge < -0.3 is 8.83 Å². The minimum Gasteiger partial charge on any atom is -0.436 e. The van der Waals surface area contributed by atoms with Gasteiger partial charge in [0, 0.05) is 27.7 Å². The van der Waals surface area contributed by atoms with Crippen molar-refractivity contribution in [2.45, 2.75) is 43.2 Å². The number of benzene rings is 16. The highest BCUT2D eigenvalue weighted by atomic mass is 32.1. The average Bonchev–Trinajstić information content (AvgIpc) is 1.53. The van der Waals surface area contributed by atoms with Gasteiger partial charge in [-0.25, -0.2) is 19.9 Å². The summed E-state index contributed by atoms with van der Waals surface area (Å²) in [4.78, 5) is 19.9. The lowest BCUT2D eigenvalue weighted by atomic mass is 9.55. The van der Waals surface area contributed by atoms with E-state index in [0.29, 0.717) is 11.8 Å². The molecule has 4 aliphatic rings. The monoisotopic (exact) mass is 1540 g/mol. The van der Waals surface area contributed by atoms with E-state index in [2.05, 4.69) is 342 Å². The van der Waals surface area contributed by atoms with Crippen molar-refractivity contribution in [1.82, 2.24) is 19.9 Å². The number of hydrogen-bond acceptors (Lipinski definition) is 8. The fraction of sp³-hybridized carbons (Fsp3) is 0.0654. The molecule has 4 aromatic heterocycles. The van der Waals surface area contributed by atoms with E-state index < -0.39 is 18.9 Å². The van der Waals surface area contributed by atoms with Gasteiger partial charge in [-0.15, -0.1) is 22.7 Å². The third-order valence-corrected chi connectivity index (χ3v) is 31.0. The van der Waals surface area contributed by atoms with Crippen LogP contribution in [-0.2, 0) is 16.2 Å². The minimum absolute atomic E-state index is 0.178. The largest absolute Gasteiger partial charge is 0.436 e. The summed E-state index contributed by atoms with van der Waals surface area (Å²) < 4.78 is 14.9. The molecule has 0 atom stereocenters. The summed E-state index contributed by atoms with van der Waals surface area (Å²) in [5.41, 5.74) is 36.4. The van der Waals surface area contributed by atoms with Crippen molar-refractivity contribution >= 4 is 83.8 Å². The van der Waals surface area contributed by atoms with Gasteiger partial charge in [-0.3, -0.25) is 0 Å². The fourth-order valence-electron chi connectivity index (χ4n) is 19.9. The predicted octanol–water partition coefficient (Wildman–Crippen LogP) is 26.7. The molecule has 0 amide bonds. The van der Waals surface area contributed by atoms with Crippen LogP contribution in [0, 0.1) is 0 Å². The average molecular weight is 1540 g/mol. The highest BCUT2D eigenvalue weighted by Gasteiger charge is 2.55. The van der Waals surface area contributed by atoms with E-state index in [0.717, 1.165) is 87.8 Å². The van der Waals surface area contributed by atoms with Crippen LogP contribution < -0.4 is 10.4 Å². The molecule has 1 aliphatic heterocycles. The van der Waals surface area contributed by atoms with Crippen molar-refractivity contribution in [1.29, 1.82) is 0 Å². The molecule has 6 nitrogen and oxygen atoms in total. The zero-order valence-electron chi connectivity index (χ0n) is 64.1. The van der Waals surface area contributed by atoms with Gasteiger partial charge in [-0.1, -0.05) is 288 Å². The molecule has 0 N–H and O–H groups in total. The van der Waals surface area contributed by atoms with Gasteiger partial charge in [0.15, 0.2) is 11.2 Å². The van der Waals surface area contributed by atoms with Gasteiger partial charge in [0.05, 0.1) is 31.3 Å². The third-order valence-electron chi connectivity index (χ3n) is 25.2. The highest BCUT2D eigenvalue weighted by Crippen LogP contribution is 2.63. The second-order valence-corrected chi connectivity index (χ2v) is 38.6. The third kappa shape index (κ3) is 10.3. The van der Waals surface area contributed by atoms with Crippen molar-refractivity contribution in [2.24, 2.45) is 0 Å². The Hall–Kier alpha value is -13.5. The molecular formula is C107H72N4O2S2Si. The number of thiazole rings is 2. The van der Waals surface area contributed by atoms with Crippen LogP contribution in [0.4, 0.5) is 0 Å². The molecule has 0 unspecified atom stereocenters. The maximum Gasteiger partial charge on any atom is 0.227 e. The summed E-state index contributed by atoms with van der Waals surface area (Å²) in [5.74, 6) is 1.12. The van der Waals surface area contributed by atoms with E-state index in [1.807, 2.05) is 48.5 Å². The quantitative estimate of drug-likeness (QED) is 0.141. The van der Waals surface area contributed by atoms with Gasteiger partial charge in [-0.2, -0.15) is 0 Å². The van der Waals surface area contributed by atoms with Crippen LogP contribution in [0.25, 0.3) is 153 Å². The molecule has 0 saturated carbocycles. The molecule has 116 heavy (non-hydrogen) atoms. The van der Waals surface area contributed by atoms with Crippen LogP contribution in [0.5, 0.6) is 0 Å². The molecule has 3 aliphatic carbocycles. The molecular weight excluding hydrogens is 1470 g/mol. The molecule has 24 rings (SSSR count). The maximum atomic E-state index is 6.28. The summed E-state index contributed by atoms with van der Waals surface area (Å²) >= 11 is 3.49. The van der Waals surface area contributed by atoms with E-state index in [1.54, 1.807) is 22.7 Å². The lowest BCUT2D eigenvalue weighted by Gasteiger charge is -2.46. The van der Waals surface area contributed by atoms with E-state index >= 15 is 0 Å². The number of rotatable bonds is 8. The van der Waals surface area contributed by atoms with Gasteiger partial charge in [0.1, 0.15) is 29.1 Å². The lowest BCUT2D eigenvalue weighted by Crippen LogP contribution is -2.63. The molecule has 2 spiro atoms. The zero-order valence-corrected chi connectivity index (χ0v) is 66.7. The van der Waals surface area contributed by atoms with Crippen molar-refractivity contribution in [2.75, 3.05) is 0 Å². The molecule has 9 heteroatoms. The molecule has 16 aromatic carbocycles. The van der Waals surface area contributed by atoms with Crippen molar-refractivity contribution in [3.63, 3.8) is 0 Å². The van der Waals surface area contributed by atoms with Crippen molar-refractivity contribution < 1.29 is 8.83 Å². The molecule has 0 bridgehead atoms. The zero-order chi connectivity index (χ0) is 77.2. The van der Waals surface area contributed by atoms with Gasteiger partial charge in [0.2, 0.25) is 11.8 Å². The van der Waals surface area contributed by atoms with Crippen LogP contribution >= 0.6 is 22.7 Å². The Morgan fingerprint density at radius 3 is 1.12 bits per heavy atom. The standard InChI is InChI=1S/C54H36N2S2.C53H36N2O2Si/c1-53(2)43-20-7-8-21-45(43)54(41-18-5-3-16-39(41)40-17-4-6-19-42(40)54)46-32-35(26-27-44(46)53)33-14-13-15-34(28-33)36-29-37(51-55-47-22-9-11-24-49(47)57-51)31-38(30-36)52-56-48-23-10-12-25-50(48)58-52;1-58(2)49-22-12-7-17-43(49)53(41-15-5-3-13-39(41)40-14-4-6-16-42(40)53)44-32-35(27-28-50(44)58)33-23-25-34(26-24-33)36-29-37(51-54-45-18-8-10-20-47(45)56-51)31-38(30-36)52-55-46-19-9-11-21-48(46)57-52/h2*3-32H,1-2H3. The van der Waals surface area contributed by atoms with Gasteiger partial charge in [0.25, 0.3) is 0 Å². The van der Waals surface area contributed by atoms with Gasteiger partial charge in [-0.05, 0) is 236 Å². The second-order valence-electron chi connectivity index (χ2n) is 32.2. The molecule has 0 fully saturated rings. The van der Waals surface area contributed by atoms with E-state index in [4.69, 9.17) is 28.8 Å². The Kier molecular flexibility index (Phi) is 15.3. The smallest absolute Gasteiger partial charge is 0.227 e. The summed E-state index contributed by atoms with van der Waals surface area (Å²) in [5, 5.41) is 5.05. The second kappa shape index (κ2) is 26.0. The van der Waals surface area contributed by atoms with Crippen molar-refractivity contribution in [3.8, 4) is 111 Å². The number of para-hydroxylation sites is 6. The van der Waals surface area contributed by atoms with E-state index in [-0.39, 0.29) is 5.41 Å². The maximum absolute atomic E-state index is 6.28. The fourth-order valence-corrected chi connectivity index (χ4v) is 25.0. The molecule has 0 radical (unpaired) electrons.